The second-order valence-electron chi connectivity index (χ2n) is 18.8. The summed E-state index contributed by atoms with van der Waals surface area (Å²) in [6.45, 7) is 13.6. The highest BCUT2D eigenvalue weighted by Gasteiger charge is 2.28. The molecular formula is C55H76F2N2S5. The van der Waals surface area contributed by atoms with Gasteiger partial charge < -0.3 is 0 Å². The lowest BCUT2D eigenvalue weighted by Gasteiger charge is -2.17. The van der Waals surface area contributed by atoms with Gasteiger partial charge in [-0.25, -0.2) is 8.78 Å². The second-order valence-corrected chi connectivity index (χ2v) is 24.0. The molecule has 0 aliphatic rings. The van der Waals surface area contributed by atoms with Crippen molar-refractivity contribution in [3.63, 3.8) is 0 Å². The van der Waals surface area contributed by atoms with Gasteiger partial charge in [0.05, 0.1) is 22.9 Å². The van der Waals surface area contributed by atoms with Crippen LogP contribution in [0.4, 0.5) is 8.78 Å². The Bertz CT molecular complexity index is 2270. The van der Waals surface area contributed by atoms with E-state index in [1.165, 1.54) is 190 Å². The molecule has 0 bridgehead atoms. The third-order valence-electron chi connectivity index (χ3n) is 13.3. The number of hydrogen-bond donors (Lipinski definition) is 0. The zero-order valence-corrected chi connectivity index (χ0v) is 44.1. The molecule has 0 amide bonds. The molecule has 1 aromatic carbocycles. The summed E-state index contributed by atoms with van der Waals surface area (Å²) >= 11 is 7.91. The Kier molecular flexibility index (Phi) is 21.5. The van der Waals surface area contributed by atoms with E-state index in [1.54, 1.807) is 11.3 Å². The molecule has 0 saturated heterocycles. The van der Waals surface area contributed by atoms with Gasteiger partial charge in [0.15, 0.2) is 11.6 Å². The molecule has 5 heterocycles. The maximum atomic E-state index is 16.4. The van der Waals surface area contributed by atoms with Crippen LogP contribution in [0.15, 0.2) is 36.4 Å². The van der Waals surface area contributed by atoms with Gasteiger partial charge in [-0.05, 0) is 86.1 Å². The standard InChI is InChI=1S/C55H76F2N2S5/c1-7-10-13-16-19-20-23-26-29-41(28-25-22-18-15-12-9-3)35-43-37-48(47-36-42(40(6)61-47)34-38(4)27-24-21-17-14-11-8-2)63-55(43)46-33-32-45(62-46)50-52(57)51(56)49(44-31-30-39(5)60-44)53-54(50)59-64-58-53/h30-33,36-38,41H,7-29,34-35H2,1-6H3. The van der Waals surface area contributed by atoms with Crippen LogP contribution in [0.1, 0.15) is 196 Å². The number of fused-ring (bicyclic) bond motifs is 1. The first kappa shape index (κ1) is 51.1. The molecule has 0 fully saturated rings. The molecule has 2 unspecified atom stereocenters. The molecule has 0 aliphatic heterocycles. The smallest absolute Gasteiger partial charge is 0.170 e. The Morgan fingerprint density at radius 1 is 0.484 bits per heavy atom. The number of thiophene rings is 4. The van der Waals surface area contributed by atoms with E-state index in [0.717, 1.165) is 34.3 Å². The Hall–Kier alpha value is -2.30. The number of hydrogen-bond acceptors (Lipinski definition) is 7. The van der Waals surface area contributed by atoms with Crippen molar-refractivity contribution in [2.75, 3.05) is 0 Å². The van der Waals surface area contributed by atoms with Gasteiger partial charge >= 0.3 is 0 Å². The molecule has 2 atom stereocenters. The fourth-order valence-corrected chi connectivity index (χ4v) is 14.5. The summed E-state index contributed by atoms with van der Waals surface area (Å²) in [5, 5.41) is 0. The number of unbranched alkanes of at least 4 members (excludes halogenated alkanes) is 17. The Labute approximate surface area is 406 Å². The van der Waals surface area contributed by atoms with Crippen molar-refractivity contribution >= 4 is 68.1 Å². The first-order valence-corrected chi connectivity index (χ1v) is 29.2. The maximum Gasteiger partial charge on any atom is 0.170 e. The zero-order valence-electron chi connectivity index (χ0n) is 40.0. The number of nitrogens with zero attached hydrogens (tertiary/aromatic N) is 2. The molecule has 0 radical (unpaired) electrons. The lowest BCUT2D eigenvalue weighted by atomic mass is 9.88. The molecule has 6 rings (SSSR count). The average molecular weight is 964 g/mol. The predicted octanol–water partition coefficient (Wildman–Crippen LogP) is 20.9. The summed E-state index contributed by atoms with van der Waals surface area (Å²) in [4.78, 5) is 9.00. The van der Waals surface area contributed by atoms with Gasteiger partial charge in [0.25, 0.3) is 0 Å². The summed E-state index contributed by atoms with van der Waals surface area (Å²) in [5.74, 6) is -0.359. The van der Waals surface area contributed by atoms with Gasteiger partial charge in [-0.15, -0.1) is 45.3 Å². The van der Waals surface area contributed by atoms with Crippen LogP contribution in [-0.2, 0) is 12.8 Å². The number of aromatic nitrogens is 2. The van der Waals surface area contributed by atoms with Crippen LogP contribution in [0.5, 0.6) is 0 Å². The molecule has 0 N–H and O–H groups in total. The van der Waals surface area contributed by atoms with Gasteiger partial charge in [0.2, 0.25) is 0 Å². The summed E-state index contributed by atoms with van der Waals surface area (Å²) < 4.78 is 41.8. The highest BCUT2D eigenvalue weighted by molar-refractivity contribution is 7.27. The highest BCUT2D eigenvalue weighted by atomic mass is 32.1. The number of halogens is 2. The van der Waals surface area contributed by atoms with Crippen molar-refractivity contribution in [2.45, 2.75) is 202 Å². The molecule has 9 heteroatoms. The van der Waals surface area contributed by atoms with Gasteiger partial charge in [-0.1, -0.05) is 175 Å². The van der Waals surface area contributed by atoms with E-state index < -0.39 is 11.6 Å². The summed E-state index contributed by atoms with van der Waals surface area (Å²) in [6.07, 6.45) is 32.9. The van der Waals surface area contributed by atoms with E-state index in [1.807, 2.05) is 47.8 Å². The lowest BCUT2D eigenvalue weighted by molar-refractivity contribution is 0.401. The molecule has 5 aromatic heterocycles. The normalized spacial score (nSPS) is 12.9. The third kappa shape index (κ3) is 14.4. The van der Waals surface area contributed by atoms with Crippen LogP contribution in [0.25, 0.3) is 51.4 Å². The third-order valence-corrected chi connectivity index (χ3v) is 18.6. The topological polar surface area (TPSA) is 25.8 Å². The second kappa shape index (κ2) is 26.9. The van der Waals surface area contributed by atoms with Gasteiger partial charge in [-0.2, -0.15) is 8.75 Å². The number of aryl methyl sites for hydroxylation is 2. The number of benzene rings is 1. The summed E-state index contributed by atoms with van der Waals surface area (Å²) in [6, 6.07) is 12.9. The van der Waals surface area contributed by atoms with Crippen LogP contribution in [0.2, 0.25) is 0 Å². The van der Waals surface area contributed by atoms with Crippen molar-refractivity contribution in [3.05, 3.63) is 68.9 Å². The lowest BCUT2D eigenvalue weighted by Crippen LogP contribution is -2.05. The van der Waals surface area contributed by atoms with E-state index in [4.69, 9.17) is 0 Å². The molecule has 6 aromatic rings. The summed E-state index contributed by atoms with van der Waals surface area (Å²) in [7, 11) is 0. The van der Waals surface area contributed by atoms with Crippen LogP contribution >= 0.6 is 57.1 Å². The van der Waals surface area contributed by atoms with Gasteiger partial charge in [-0.3, -0.25) is 0 Å². The highest BCUT2D eigenvalue weighted by Crippen LogP contribution is 2.49. The van der Waals surface area contributed by atoms with Crippen molar-refractivity contribution < 1.29 is 8.78 Å². The molecule has 2 nitrogen and oxygen atoms in total. The molecular weight excluding hydrogens is 887 g/mol. The predicted molar refractivity (Wildman–Crippen MR) is 283 cm³/mol. The quantitative estimate of drug-likeness (QED) is 0.0406. The van der Waals surface area contributed by atoms with Crippen molar-refractivity contribution in [2.24, 2.45) is 11.8 Å². The SMILES string of the molecule is CCCCCCCCCCC(CCCCCCCC)Cc1cc(-c2cc(CC(C)CCCCCCCC)c(C)s2)sc1-c1ccc(-c2c(F)c(F)c(-c3ccc(C)s3)c3nsnc23)s1. The molecule has 350 valence electrons. The first-order valence-electron chi connectivity index (χ1n) is 25.2. The van der Waals surface area contributed by atoms with Crippen molar-refractivity contribution in [1.82, 2.24) is 8.75 Å². The van der Waals surface area contributed by atoms with E-state index in [0.29, 0.717) is 32.6 Å². The van der Waals surface area contributed by atoms with Crippen molar-refractivity contribution in [1.29, 1.82) is 0 Å². The zero-order chi connectivity index (χ0) is 45.3. The minimum Gasteiger partial charge on any atom is -0.203 e. The molecule has 0 aliphatic carbocycles. The largest absolute Gasteiger partial charge is 0.203 e. The minimum absolute atomic E-state index is 0.223. The first-order chi connectivity index (χ1) is 31.2. The van der Waals surface area contributed by atoms with Gasteiger partial charge in [0, 0.05) is 39.0 Å². The van der Waals surface area contributed by atoms with E-state index in [9.17, 15) is 0 Å². The van der Waals surface area contributed by atoms with Crippen LogP contribution in [0.3, 0.4) is 0 Å². The van der Waals surface area contributed by atoms with Crippen LogP contribution in [-0.4, -0.2) is 8.75 Å². The van der Waals surface area contributed by atoms with E-state index in [2.05, 4.69) is 61.6 Å². The maximum absolute atomic E-state index is 16.4. The van der Waals surface area contributed by atoms with E-state index >= 15 is 8.78 Å². The fraction of sp³-hybridized carbons (Fsp3) is 0.600. The number of rotatable bonds is 31. The Morgan fingerprint density at radius 3 is 1.50 bits per heavy atom. The van der Waals surface area contributed by atoms with Crippen LogP contribution in [0, 0.1) is 37.3 Å². The van der Waals surface area contributed by atoms with Crippen molar-refractivity contribution in [3.8, 4) is 40.4 Å². The Balaban J connectivity index is 1.29. The average Bonchev–Trinajstić information content (AvgIpc) is 4.15. The minimum atomic E-state index is -0.838. The molecule has 64 heavy (non-hydrogen) atoms. The fourth-order valence-electron chi connectivity index (χ4n) is 9.50. The molecule has 0 spiro atoms. The molecule has 0 saturated carbocycles. The van der Waals surface area contributed by atoms with Gasteiger partial charge in [0.1, 0.15) is 11.0 Å². The van der Waals surface area contributed by atoms with E-state index in [-0.39, 0.29) is 11.1 Å². The monoisotopic (exact) mass is 962 g/mol. The summed E-state index contributed by atoms with van der Waals surface area (Å²) in [5.41, 5.74) is 4.27. The van der Waals surface area contributed by atoms with Crippen LogP contribution < -0.4 is 0 Å². The Morgan fingerprint density at radius 2 is 0.953 bits per heavy atom.